The molecule has 1 aliphatic heterocycles. The fraction of sp³-hybridized carbons (Fsp3) is 0.200. The van der Waals surface area contributed by atoms with Crippen molar-refractivity contribution in [2.75, 3.05) is 0 Å². The molecule has 0 unspecified atom stereocenters. The second kappa shape index (κ2) is 6.34. The molecule has 0 aromatic heterocycles. The zero-order chi connectivity index (χ0) is 20.4. The summed E-state index contributed by atoms with van der Waals surface area (Å²) in [4.78, 5) is 32.4. The lowest BCUT2D eigenvalue weighted by molar-refractivity contribution is -0.193. The molecular formula is C25H18FNO3. The van der Waals surface area contributed by atoms with Gasteiger partial charge in [-0.2, -0.15) is 5.06 Å². The maximum absolute atomic E-state index is 13.4. The third-order valence-electron chi connectivity index (χ3n) is 6.68. The van der Waals surface area contributed by atoms with Gasteiger partial charge in [-0.25, -0.2) is 4.39 Å². The third-order valence-corrected chi connectivity index (χ3v) is 6.68. The molecule has 3 aliphatic carbocycles. The van der Waals surface area contributed by atoms with Crippen LogP contribution in [0.25, 0.3) is 0 Å². The third kappa shape index (κ3) is 2.30. The van der Waals surface area contributed by atoms with Crippen LogP contribution in [0, 0.1) is 17.7 Å². The molecule has 0 N–H and O–H groups in total. The van der Waals surface area contributed by atoms with Crippen molar-refractivity contribution in [3.63, 3.8) is 0 Å². The van der Waals surface area contributed by atoms with E-state index in [1.54, 1.807) is 12.1 Å². The van der Waals surface area contributed by atoms with Gasteiger partial charge < -0.3 is 0 Å². The van der Waals surface area contributed by atoms with Crippen LogP contribution >= 0.6 is 0 Å². The van der Waals surface area contributed by atoms with Crippen molar-refractivity contribution in [3.05, 3.63) is 106 Å². The summed E-state index contributed by atoms with van der Waals surface area (Å²) in [5.41, 5.74) is 5.21. The molecule has 0 spiro atoms. The van der Waals surface area contributed by atoms with E-state index < -0.39 is 11.8 Å². The van der Waals surface area contributed by atoms with Crippen molar-refractivity contribution in [2.24, 2.45) is 11.8 Å². The van der Waals surface area contributed by atoms with Crippen LogP contribution in [0.3, 0.4) is 0 Å². The van der Waals surface area contributed by atoms with E-state index in [0.717, 1.165) is 27.3 Å². The Kier molecular flexibility index (Phi) is 3.71. The van der Waals surface area contributed by atoms with E-state index in [1.165, 1.54) is 12.1 Å². The van der Waals surface area contributed by atoms with Gasteiger partial charge in [-0.05, 0) is 39.9 Å². The minimum absolute atomic E-state index is 0.0342. The molecule has 1 saturated heterocycles. The molecule has 3 aromatic carbocycles. The Morgan fingerprint density at radius 2 is 1.13 bits per heavy atom. The summed E-state index contributed by atoms with van der Waals surface area (Å²) in [5, 5.41) is 0.955. The Hall–Kier alpha value is -3.31. The first-order chi connectivity index (χ1) is 14.6. The van der Waals surface area contributed by atoms with Crippen LogP contribution in [0.5, 0.6) is 0 Å². The van der Waals surface area contributed by atoms with Crippen molar-refractivity contribution < 1.29 is 18.8 Å². The lowest BCUT2D eigenvalue weighted by atomic mass is 9.55. The molecule has 1 heterocycles. The van der Waals surface area contributed by atoms with E-state index in [4.69, 9.17) is 4.84 Å². The maximum Gasteiger partial charge on any atom is 0.258 e. The Morgan fingerprint density at radius 3 is 1.57 bits per heavy atom. The molecule has 5 heteroatoms. The largest absolute Gasteiger partial charge is 0.272 e. The first-order valence-corrected chi connectivity index (χ1v) is 10.1. The van der Waals surface area contributed by atoms with Crippen molar-refractivity contribution in [3.8, 4) is 0 Å². The quantitative estimate of drug-likeness (QED) is 0.622. The summed E-state index contributed by atoms with van der Waals surface area (Å²) < 4.78 is 13.1. The molecule has 3 aromatic rings. The van der Waals surface area contributed by atoms with Gasteiger partial charge in [0.15, 0.2) is 0 Å². The van der Waals surface area contributed by atoms with E-state index >= 15 is 0 Å². The van der Waals surface area contributed by atoms with Crippen LogP contribution < -0.4 is 0 Å². The first kappa shape index (κ1) is 17.5. The topological polar surface area (TPSA) is 46.6 Å². The monoisotopic (exact) mass is 399 g/mol. The summed E-state index contributed by atoms with van der Waals surface area (Å²) in [6.45, 7) is 0.0342. The second-order valence-corrected chi connectivity index (χ2v) is 8.14. The number of hydrogen-bond acceptors (Lipinski definition) is 3. The van der Waals surface area contributed by atoms with Crippen LogP contribution in [0.1, 0.15) is 39.7 Å². The Morgan fingerprint density at radius 1 is 0.700 bits per heavy atom. The standard InChI is InChI=1S/C25H18FNO3/c26-15-11-9-14(10-12-15)13-30-27-24(28)22-20-16-5-1-2-6-17(16)21(23(22)25(27)29)19-8-4-3-7-18(19)20/h1-12,20-23H,13H2/t20?,21?,22-,23+. The highest BCUT2D eigenvalue weighted by Crippen LogP contribution is 2.60. The number of carbonyl (C=O) groups excluding carboxylic acids is 2. The molecule has 2 amide bonds. The summed E-state index contributed by atoms with van der Waals surface area (Å²) in [6, 6.07) is 22.1. The lowest BCUT2D eigenvalue weighted by Gasteiger charge is -2.45. The van der Waals surface area contributed by atoms with E-state index in [0.29, 0.717) is 5.56 Å². The highest BCUT2D eigenvalue weighted by Gasteiger charge is 2.62. The molecule has 0 radical (unpaired) electrons. The number of imide groups is 1. The minimum atomic E-state index is -0.458. The number of halogens is 1. The zero-order valence-corrected chi connectivity index (χ0v) is 16.0. The van der Waals surface area contributed by atoms with Crippen molar-refractivity contribution in [2.45, 2.75) is 18.4 Å². The van der Waals surface area contributed by atoms with Gasteiger partial charge in [0.1, 0.15) is 12.4 Å². The normalized spacial score (nSPS) is 25.8. The smallest absolute Gasteiger partial charge is 0.258 e. The molecule has 30 heavy (non-hydrogen) atoms. The number of carbonyl (C=O) groups is 2. The van der Waals surface area contributed by atoms with Crippen LogP contribution in [0.2, 0.25) is 0 Å². The van der Waals surface area contributed by atoms with E-state index in [-0.39, 0.29) is 36.1 Å². The van der Waals surface area contributed by atoms with Gasteiger partial charge in [-0.15, -0.1) is 0 Å². The Bertz CT molecular complexity index is 1070. The molecule has 4 nitrogen and oxygen atoms in total. The number of hydrogen-bond donors (Lipinski definition) is 0. The average Bonchev–Trinajstić information content (AvgIpc) is 3.04. The Balaban J connectivity index is 1.39. The average molecular weight is 399 g/mol. The number of benzene rings is 3. The fourth-order valence-corrected chi connectivity index (χ4v) is 5.50. The fourth-order valence-electron chi connectivity index (χ4n) is 5.50. The number of amides is 2. The van der Waals surface area contributed by atoms with Gasteiger partial charge in [0.2, 0.25) is 0 Å². The van der Waals surface area contributed by atoms with Crippen LogP contribution in [-0.4, -0.2) is 16.9 Å². The number of rotatable bonds is 3. The molecule has 4 aliphatic rings. The van der Waals surface area contributed by atoms with Crippen molar-refractivity contribution >= 4 is 11.8 Å². The highest BCUT2D eigenvalue weighted by molar-refractivity contribution is 6.06. The molecule has 1 fully saturated rings. The van der Waals surface area contributed by atoms with E-state index in [1.807, 2.05) is 24.3 Å². The summed E-state index contributed by atoms with van der Waals surface area (Å²) in [5.74, 6) is -2.13. The van der Waals surface area contributed by atoms with Crippen LogP contribution in [0.15, 0.2) is 72.8 Å². The van der Waals surface area contributed by atoms with Gasteiger partial charge in [0.25, 0.3) is 11.8 Å². The highest BCUT2D eigenvalue weighted by atomic mass is 19.1. The van der Waals surface area contributed by atoms with Gasteiger partial charge in [0, 0.05) is 11.8 Å². The van der Waals surface area contributed by atoms with E-state index in [2.05, 4.69) is 24.3 Å². The summed E-state index contributed by atoms with van der Waals surface area (Å²) in [7, 11) is 0. The van der Waals surface area contributed by atoms with E-state index in [9.17, 15) is 14.0 Å². The number of nitrogens with zero attached hydrogens (tertiary/aromatic N) is 1. The maximum atomic E-state index is 13.4. The molecule has 2 bridgehead atoms. The van der Waals surface area contributed by atoms with Crippen LogP contribution in [0.4, 0.5) is 4.39 Å². The first-order valence-electron chi connectivity index (χ1n) is 10.1. The van der Waals surface area contributed by atoms with Gasteiger partial charge in [-0.3, -0.25) is 14.4 Å². The lowest BCUT2D eigenvalue weighted by Crippen LogP contribution is -2.41. The predicted octanol–water partition coefficient (Wildman–Crippen LogP) is 4.15. The Labute approximate surface area is 172 Å². The number of hydroxylamine groups is 2. The second-order valence-electron chi connectivity index (χ2n) is 8.14. The zero-order valence-electron chi connectivity index (χ0n) is 16.0. The van der Waals surface area contributed by atoms with Crippen molar-refractivity contribution in [1.29, 1.82) is 0 Å². The molecular weight excluding hydrogens is 381 g/mol. The summed E-state index contributed by atoms with van der Waals surface area (Å²) in [6.07, 6.45) is 0. The van der Waals surface area contributed by atoms with Gasteiger partial charge >= 0.3 is 0 Å². The van der Waals surface area contributed by atoms with Crippen molar-refractivity contribution in [1.82, 2.24) is 5.06 Å². The van der Waals surface area contributed by atoms with Gasteiger partial charge in [0.05, 0.1) is 11.8 Å². The van der Waals surface area contributed by atoms with Crippen LogP contribution in [-0.2, 0) is 21.0 Å². The SMILES string of the molecule is O=C1[C@@H]2C3c4ccccc4C(c4ccccc43)[C@@H]2C(=O)N1OCc1ccc(F)cc1. The molecule has 2 atom stereocenters. The molecule has 148 valence electrons. The summed E-state index contributed by atoms with van der Waals surface area (Å²) >= 11 is 0. The minimum Gasteiger partial charge on any atom is -0.272 e. The molecule has 7 rings (SSSR count). The predicted molar refractivity (Wildman–Crippen MR) is 107 cm³/mol. The van der Waals surface area contributed by atoms with Gasteiger partial charge in [-0.1, -0.05) is 60.7 Å². The molecule has 0 saturated carbocycles.